The Balaban J connectivity index is 2.26. The quantitative estimate of drug-likeness (QED) is 0.271. The average molecular weight is 510 g/mol. The first-order valence-corrected chi connectivity index (χ1v) is 13.0. The largest absolute Gasteiger partial charge is 0.343 e. The monoisotopic (exact) mass is 509 g/mol. The van der Waals surface area contributed by atoms with E-state index in [4.69, 9.17) is 16.8 Å². The zero-order chi connectivity index (χ0) is 25.5. The van der Waals surface area contributed by atoms with Crippen molar-refractivity contribution in [3.8, 4) is 11.1 Å². The third-order valence-corrected chi connectivity index (χ3v) is 7.73. The van der Waals surface area contributed by atoms with Crippen LogP contribution in [0.3, 0.4) is 0 Å². The first-order valence-electron chi connectivity index (χ1n) is 11.2. The van der Waals surface area contributed by atoms with Crippen molar-refractivity contribution in [3.63, 3.8) is 0 Å². The molecule has 4 atom stereocenters. The second-order valence-electron chi connectivity index (χ2n) is 8.36. The van der Waals surface area contributed by atoms with E-state index >= 15 is 0 Å². The second kappa shape index (κ2) is 12.3. The van der Waals surface area contributed by atoms with Gasteiger partial charge in [-0.15, -0.1) is 0 Å². The van der Waals surface area contributed by atoms with Crippen molar-refractivity contribution < 1.29 is 23.2 Å². The standard InChI is InChI=1S/C24H32ClN3O5S/c1-5-15(3)21(24(30)27-31)26-23(29)22(16(4)6-2)28-34(32,33)20-13-9-18(10-14-20)17-7-11-19(25)12-8-17/h7-16,21-22,28,31H,5-6H2,1-4H3,(H,26,29)(H,27,30)/t15-,16-,21-,22-/m0/s1. The minimum absolute atomic E-state index is 0.0119. The molecule has 0 saturated carbocycles. The summed E-state index contributed by atoms with van der Waals surface area (Å²) in [5.74, 6) is -2.01. The van der Waals surface area contributed by atoms with Gasteiger partial charge in [0.25, 0.3) is 5.91 Å². The molecule has 0 aliphatic carbocycles. The van der Waals surface area contributed by atoms with Crippen molar-refractivity contribution in [1.82, 2.24) is 15.5 Å². The predicted octanol–water partition coefficient (Wildman–Crippen LogP) is 3.74. The normalized spacial score (nSPS) is 15.1. The van der Waals surface area contributed by atoms with Crippen LogP contribution >= 0.6 is 11.6 Å². The Kier molecular flexibility index (Phi) is 10.1. The van der Waals surface area contributed by atoms with Gasteiger partial charge in [-0.2, -0.15) is 4.72 Å². The van der Waals surface area contributed by atoms with Crippen LogP contribution in [0.1, 0.15) is 40.5 Å². The van der Waals surface area contributed by atoms with E-state index in [9.17, 15) is 18.0 Å². The molecule has 2 aromatic rings. The van der Waals surface area contributed by atoms with Gasteiger partial charge in [-0.1, -0.05) is 76.4 Å². The summed E-state index contributed by atoms with van der Waals surface area (Å²) in [5, 5.41) is 12.2. The first kappa shape index (κ1) is 27.8. The maximum atomic E-state index is 13.1. The maximum Gasteiger partial charge on any atom is 0.266 e. The molecule has 0 unspecified atom stereocenters. The third-order valence-electron chi connectivity index (χ3n) is 6.02. The smallest absolute Gasteiger partial charge is 0.266 e. The number of hydrogen-bond donors (Lipinski definition) is 4. The van der Waals surface area contributed by atoms with Gasteiger partial charge >= 0.3 is 0 Å². The highest BCUT2D eigenvalue weighted by Gasteiger charge is 2.33. The molecule has 8 nitrogen and oxygen atoms in total. The van der Waals surface area contributed by atoms with Gasteiger partial charge in [-0.3, -0.25) is 14.8 Å². The maximum absolute atomic E-state index is 13.1. The molecular weight excluding hydrogens is 478 g/mol. The highest BCUT2D eigenvalue weighted by atomic mass is 35.5. The summed E-state index contributed by atoms with van der Waals surface area (Å²) >= 11 is 5.92. The Labute approximate surface area is 206 Å². The van der Waals surface area contributed by atoms with Crippen molar-refractivity contribution in [1.29, 1.82) is 0 Å². The Morgan fingerprint density at radius 2 is 1.32 bits per heavy atom. The van der Waals surface area contributed by atoms with Crippen LogP contribution in [0.4, 0.5) is 0 Å². The zero-order valence-electron chi connectivity index (χ0n) is 19.7. The van der Waals surface area contributed by atoms with Gasteiger partial charge in [-0.05, 0) is 47.2 Å². The number of benzene rings is 2. The van der Waals surface area contributed by atoms with Crippen LogP contribution in [0.5, 0.6) is 0 Å². The zero-order valence-corrected chi connectivity index (χ0v) is 21.3. The SMILES string of the molecule is CC[C@H](C)[C@H](NC(=O)[C@@H](NS(=O)(=O)c1ccc(-c2ccc(Cl)cc2)cc1)[C@@H](C)CC)C(=O)NO. The number of halogens is 1. The Morgan fingerprint density at radius 1 is 0.853 bits per heavy atom. The number of hydrogen-bond acceptors (Lipinski definition) is 5. The molecule has 34 heavy (non-hydrogen) atoms. The van der Waals surface area contributed by atoms with Crippen molar-refractivity contribution in [2.75, 3.05) is 0 Å². The number of carbonyl (C=O) groups is 2. The van der Waals surface area contributed by atoms with Gasteiger partial charge in [0, 0.05) is 5.02 Å². The van der Waals surface area contributed by atoms with Crippen molar-refractivity contribution in [2.45, 2.75) is 57.5 Å². The summed E-state index contributed by atoms with van der Waals surface area (Å²) in [4.78, 5) is 25.1. The molecule has 0 aromatic heterocycles. The van der Waals surface area contributed by atoms with Crippen LogP contribution in [0.2, 0.25) is 5.02 Å². The lowest BCUT2D eigenvalue weighted by molar-refractivity contribution is -0.136. The lowest BCUT2D eigenvalue weighted by Gasteiger charge is -2.28. The van der Waals surface area contributed by atoms with Gasteiger partial charge in [0.1, 0.15) is 12.1 Å². The molecule has 0 heterocycles. The molecule has 0 fully saturated rings. The molecule has 10 heteroatoms. The van der Waals surface area contributed by atoms with Crippen molar-refractivity contribution in [2.24, 2.45) is 11.8 Å². The lowest BCUT2D eigenvalue weighted by Crippen LogP contribution is -2.57. The minimum Gasteiger partial charge on any atom is -0.343 e. The number of amides is 2. The van der Waals surface area contributed by atoms with Gasteiger partial charge in [-0.25, -0.2) is 13.9 Å². The molecule has 2 rings (SSSR count). The first-order chi connectivity index (χ1) is 16.0. The Hall–Kier alpha value is -2.46. The number of nitrogens with one attached hydrogen (secondary N) is 3. The summed E-state index contributed by atoms with van der Waals surface area (Å²) in [5.41, 5.74) is 3.27. The van der Waals surface area contributed by atoms with E-state index in [-0.39, 0.29) is 16.7 Å². The van der Waals surface area contributed by atoms with Crippen molar-refractivity contribution >= 4 is 33.4 Å². The summed E-state index contributed by atoms with van der Waals surface area (Å²) in [6, 6.07) is 11.4. The average Bonchev–Trinajstić information content (AvgIpc) is 2.84. The molecule has 0 saturated heterocycles. The van der Waals surface area contributed by atoms with Gasteiger partial charge in [0.15, 0.2) is 0 Å². The minimum atomic E-state index is -4.03. The summed E-state index contributed by atoms with van der Waals surface area (Å²) in [6.07, 6.45) is 1.09. The van der Waals surface area contributed by atoms with Crippen LogP contribution in [0, 0.1) is 11.8 Å². The van der Waals surface area contributed by atoms with E-state index in [1.807, 2.05) is 26.0 Å². The lowest BCUT2D eigenvalue weighted by atomic mass is 9.95. The number of hydroxylamine groups is 1. The molecule has 0 bridgehead atoms. The van der Waals surface area contributed by atoms with Crippen LogP contribution < -0.4 is 15.5 Å². The molecule has 186 valence electrons. The fourth-order valence-corrected chi connectivity index (χ4v) is 4.81. The fourth-order valence-electron chi connectivity index (χ4n) is 3.38. The van der Waals surface area contributed by atoms with Crippen LogP contribution in [-0.4, -0.2) is 37.5 Å². The molecule has 2 amide bonds. The van der Waals surface area contributed by atoms with Gasteiger partial charge < -0.3 is 5.32 Å². The van der Waals surface area contributed by atoms with Gasteiger partial charge in [0.05, 0.1) is 4.90 Å². The molecule has 0 spiro atoms. The summed E-state index contributed by atoms with van der Waals surface area (Å²) in [6.45, 7) is 7.19. The Morgan fingerprint density at radius 3 is 1.79 bits per heavy atom. The highest BCUT2D eigenvalue weighted by molar-refractivity contribution is 7.89. The third kappa shape index (κ3) is 7.02. The summed E-state index contributed by atoms with van der Waals surface area (Å²) < 4.78 is 28.7. The summed E-state index contributed by atoms with van der Waals surface area (Å²) in [7, 11) is -4.03. The second-order valence-corrected chi connectivity index (χ2v) is 10.5. The topological polar surface area (TPSA) is 125 Å². The molecule has 0 aliphatic heterocycles. The number of carbonyl (C=O) groups excluding carboxylic acids is 2. The fraction of sp³-hybridized carbons (Fsp3) is 0.417. The van der Waals surface area contributed by atoms with Crippen LogP contribution in [0.25, 0.3) is 11.1 Å². The van der Waals surface area contributed by atoms with E-state index in [1.54, 1.807) is 43.6 Å². The Bertz CT molecular complexity index is 1070. The van der Waals surface area contributed by atoms with Gasteiger partial charge in [0.2, 0.25) is 15.9 Å². The molecule has 2 aromatic carbocycles. The highest BCUT2D eigenvalue weighted by Crippen LogP contribution is 2.23. The molecule has 4 N–H and O–H groups in total. The molecule has 0 radical (unpaired) electrons. The van der Waals surface area contributed by atoms with E-state index in [0.717, 1.165) is 11.1 Å². The number of rotatable bonds is 11. The molecule has 0 aliphatic rings. The van der Waals surface area contributed by atoms with Crippen molar-refractivity contribution in [3.05, 3.63) is 53.6 Å². The number of sulfonamides is 1. The molecular formula is C24H32ClN3O5S. The van der Waals surface area contributed by atoms with E-state index in [2.05, 4.69) is 10.0 Å². The predicted molar refractivity (Wildman–Crippen MR) is 132 cm³/mol. The van der Waals surface area contributed by atoms with Crippen LogP contribution in [0.15, 0.2) is 53.4 Å². The van der Waals surface area contributed by atoms with E-state index < -0.39 is 33.9 Å². The van der Waals surface area contributed by atoms with E-state index in [1.165, 1.54) is 12.1 Å². The van der Waals surface area contributed by atoms with Crippen LogP contribution in [-0.2, 0) is 19.6 Å². The van der Waals surface area contributed by atoms with E-state index in [0.29, 0.717) is 17.9 Å².